The van der Waals surface area contributed by atoms with E-state index in [4.69, 9.17) is 8.76 Å². The number of hydrogen-bond acceptors (Lipinski definition) is 1. The van der Waals surface area contributed by atoms with Gasteiger partial charge in [-0.25, -0.2) is 0 Å². The summed E-state index contributed by atoms with van der Waals surface area (Å²) in [5.74, 6) is 0. The average molecular weight is 88.1 g/mol. The van der Waals surface area contributed by atoms with Crippen LogP contribution in [-0.2, 0) is 16.2 Å². The first-order valence-corrected chi connectivity index (χ1v) is 1.05. The van der Waals surface area contributed by atoms with Crippen molar-refractivity contribution in [2.75, 3.05) is 0 Å². The maximum atomic E-state index is 8.40. The molecular weight excluding hydrogens is 87.1 g/mol. The molecule has 0 aliphatic rings. The Labute approximate surface area is 50.2 Å². The van der Waals surface area contributed by atoms with Gasteiger partial charge in [-0.05, 0) is 0 Å². The molecule has 0 fully saturated rings. The van der Waals surface area contributed by atoms with E-state index in [1.54, 1.807) is 0 Å². The molecule has 0 aromatic rings. The first-order chi connectivity index (χ1) is 1.41. The normalized spacial score (nSPS) is 3.25. The Balaban J connectivity index is 0. The third-order valence-electron chi connectivity index (χ3n) is 0. The van der Waals surface area contributed by atoms with Crippen molar-refractivity contribution >= 4 is 41.5 Å². The van der Waals surface area contributed by atoms with Crippen LogP contribution in [0.5, 0.6) is 0 Å². The average Bonchev–Trinajstić information content (AvgIpc) is 0.918. The maximum absolute atomic E-state index is 8.40. The fourth-order valence-corrected chi connectivity index (χ4v) is 0. The van der Waals surface area contributed by atoms with Crippen LogP contribution >= 0.6 is 0 Å². The quantitative estimate of drug-likeness (QED) is 0.246. The second kappa shape index (κ2) is 9.02. The third-order valence-corrected chi connectivity index (χ3v) is 0. The first-order valence-electron chi connectivity index (χ1n) is 0.349. The fourth-order valence-electron chi connectivity index (χ4n) is 0. The molecule has 4 heteroatoms. The Morgan fingerprint density at radius 2 is 1.75 bits per heavy atom. The summed E-state index contributed by atoms with van der Waals surface area (Å²) in [7, 11) is 0. The molecule has 0 amide bonds. The molecule has 0 aromatic heterocycles. The van der Waals surface area contributed by atoms with Crippen molar-refractivity contribution < 1.29 is 8.76 Å². The zero-order valence-corrected chi connectivity index (χ0v) is 5.08. The fraction of sp³-hybridized carbons (Fsp3) is 0. The van der Waals surface area contributed by atoms with Crippen LogP contribution in [-0.4, -0.2) is 34.1 Å². The van der Waals surface area contributed by atoms with Crippen LogP contribution in [0.2, 0.25) is 0 Å². The minimum Gasteiger partial charge on any atom is -0.0737 e. The van der Waals surface area contributed by atoms with Gasteiger partial charge in [0.05, 0.1) is 4.21 Å². The molecule has 1 N–H and O–H groups in total. The van der Waals surface area contributed by atoms with E-state index in [1.807, 2.05) is 0 Å². The third kappa shape index (κ3) is 12.2. The van der Waals surface area contributed by atoms with Crippen LogP contribution in [0.3, 0.4) is 0 Å². The zero-order valence-electron chi connectivity index (χ0n) is 2.26. The number of rotatable bonds is 0. The second-order valence-corrected chi connectivity index (χ2v) is 0.224. The Kier molecular flexibility index (Phi) is 20.0. The van der Waals surface area contributed by atoms with Crippen LogP contribution < -0.4 is 0 Å². The van der Waals surface area contributed by atoms with Crippen LogP contribution in [0, 0.1) is 0 Å². The standard InChI is InChI=1S/Na.O2S/c;1-3-2/p+1. The van der Waals surface area contributed by atoms with E-state index in [1.165, 1.54) is 0 Å². The molecule has 1 radical (unpaired) electrons. The zero-order chi connectivity index (χ0) is 2.71. The van der Waals surface area contributed by atoms with Crippen LogP contribution in [0.1, 0.15) is 0 Å². The van der Waals surface area contributed by atoms with Crippen molar-refractivity contribution in [2.45, 2.75) is 0 Å². The van der Waals surface area contributed by atoms with Crippen molar-refractivity contribution in [1.29, 1.82) is 0 Å². The molecule has 0 aliphatic heterocycles. The van der Waals surface area contributed by atoms with E-state index in [-0.39, 0.29) is 29.6 Å². The summed E-state index contributed by atoms with van der Waals surface area (Å²) < 4.78 is 15.3. The molecule has 0 heterocycles. The van der Waals surface area contributed by atoms with Gasteiger partial charge in [-0.15, -0.1) is 0 Å². The summed E-state index contributed by atoms with van der Waals surface area (Å²) >= 11 is -0.500. The molecule has 0 bridgehead atoms. The summed E-state index contributed by atoms with van der Waals surface area (Å²) in [6, 6.07) is 0. The SMILES string of the molecule is O=[S+]O.[Na]. The maximum Gasteiger partial charge on any atom is 0.690 e. The van der Waals surface area contributed by atoms with Crippen LogP contribution in [0.15, 0.2) is 0 Å². The summed E-state index contributed by atoms with van der Waals surface area (Å²) in [5.41, 5.74) is 0. The van der Waals surface area contributed by atoms with Crippen molar-refractivity contribution in [3.8, 4) is 0 Å². The smallest absolute Gasteiger partial charge is 0.0737 e. The van der Waals surface area contributed by atoms with Crippen molar-refractivity contribution in [2.24, 2.45) is 0 Å². The predicted octanol–water partition coefficient (Wildman–Crippen LogP) is -0.493. The van der Waals surface area contributed by atoms with Crippen LogP contribution in [0.25, 0.3) is 0 Å². The van der Waals surface area contributed by atoms with E-state index < -0.39 is 11.9 Å². The summed E-state index contributed by atoms with van der Waals surface area (Å²) in [5, 5.41) is 0. The van der Waals surface area contributed by atoms with Crippen LogP contribution in [0.4, 0.5) is 0 Å². The van der Waals surface area contributed by atoms with E-state index in [2.05, 4.69) is 0 Å². The molecule has 0 saturated heterocycles. The molecule has 0 rings (SSSR count). The minimum absolute atomic E-state index is 0. The first kappa shape index (κ1) is 8.88. The van der Waals surface area contributed by atoms with Gasteiger partial charge in [0.25, 0.3) is 0 Å². The van der Waals surface area contributed by atoms with Gasteiger partial charge in [0, 0.05) is 29.6 Å². The topological polar surface area (TPSA) is 37.3 Å². The summed E-state index contributed by atoms with van der Waals surface area (Å²) in [6.07, 6.45) is 0. The summed E-state index contributed by atoms with van der Waals surface area (Å²) in [4.78, 5) is 0. The van der Waals surface area contributed by atoms with Gasteiger partial charge >= 0.3 is 11.9 Å². The Hall–Kier alpha value is 0.980. The number of hydrogen-bond donors (Lipinski definition) is 1. The van der Waals surface area contributed by atoms with Gasteiger partial charge < -0.3 is 0 Å². The van der Waals surface area contributed by atoms with E-state index in [0.717, 1.165) is 0 Å². The molecule has 0 aromatic carbocycles. The Morgan fingerprint density at radius 3 is 1.75 bits per heavy atom. The van der Waals surface area contributed by atoms with E-state index in [0.29, 0.717) is 0 Å². The Bertz CT molecular complexity index is 13.5. The molecule has 0 saturated carbocycles. The van der Waals surface area contributed by atoms with Gasteiger partial charge in [-0.1, -0.05) is 4.55 Å². The van der Waals surface area contributed by atoms with Gasteiger partial charge in [0.15, 0.2) is 0 Å². The molecule has 0 spiro atoms. The Morgan fingerprint density at radius 1 is 1.75 bits per heavy atom. The molecule has 0 unspecified atom stereocenters. The monoisotopic (exact) mass is 88.0 g/mol. The molecular formula is HNaO2S+. The van der Waals surface area contributed by atoms with Gasteiger partial charge in [-0.2, -0.15) is 0 Å². The molecule has 4 heavy (non-hydrogen) atoms. The van der Waals surface area contributed by atoms with E-state index >= 15 is 0 Å². The summed E-state index contributed by atoms with van der Waals surface area (Å²) in [6.45, 7) is 0. The second-order valence-electron chi connectivity index (χ2n) is 0.0745. The molecule has 19 valence electrons. The van der Waals surface area contributed by atoms with Crippen molar-refractivity contribution in [3.63, 3.8) is 0 Å². The molecule has 2 nitrogen and oxygen atoms in total. The molecule has 0 aliphatic carbocycles. The van der Waals surface area contributed by atoms with Crippen molar-refractivity contribution in [3.05, 3.63) is 0 Å². The van der Waals surface area contributed by atoms with E-state index in [9.17, 15) is 0 Å². The van der Waals surface area contributed by atoms with Gasteiger partial charge in [-0.3, -0.25) is 0 Å². The van der Waals surface area contributed by atoms with Gasteiger partial charge in [0.2, 0.25) is 0 Å². The minimum atomic E-state index is -0.500. The molecule has 0 atom stereocenters. The van der Waals surface area contributed by atoms with Gasteiger partial charge in [0.1, 0.15) is 0 Å². The predicted molar refractivity (Wildman–Crippen MR) is 16.4 cm³/mol. The largest absolute Gasteiger partial charge is 0.690 e. The van der Waals surface area contributed by atoms with Crippen molar-refractivity contribution in [1.82, 2.24) is 0 Å².